The average Bonchev–Trinajstić information content (AvgIpc) is 2.72. The Hall–Kier alpha value is -3.45. The molecule has 3 aromatic rings. The highest BCUT2D eigenvalue weighted by Gasteiger charge is 2.14. The van der Waals surface area contributed by atoms with Crippen LogP contribution >= 0.6 is 15.9 Å². The van der Waals surface area contributed by atoms with Crippen molar-refractivity contribution in [2.75, 3.05) is 0 Å². The van der Waals surface area contributed by atoms with Crippen molar-refractivity contribution in [1.82, 2.24) is 15.6 Å². The van der Waals surface area contributed by atoms with Gasteiger partial charge in [-0.15, -0.1) is 0 Å². The van der Waals surface area contributed by atoms with Crippen molar-refractivity contribution in [3.05, 3.63) is 106 Å². The first-order chi connectivity index (χ1) is 14.4. The van der Waals surface area contributed by atoms with Crippen LogP contribution < -0.4 is 10.6 Å². The summed E-state index contributed by atoms with van der Waals surface area (Å²) >= 11 is 3.37. The second-order valence-corrected chi connectivity index (χ2v) is 7.49. The number of hydrogen-bond donors (Lipinski definition) is 3. The number of nitrogens with one attached hydrogen (secondary N) is 2. The van der Waals surface area contributed by atoms with Crippen LogP contribution in [-0.4, -0.2) is 21.9 Å². The van der Waals surface area contributed by atoms with Gasteiger partial charge in [-0.3, -0.25) is 14.6 Å². The van der Waals surface area contributed by atoms with E-state index in [0.29, 0.717) is 27.7 Å². The van der Waals surface area contributed by atoms with Crippen LogP contribution in [0.5, 0.6) is 5.75 Å². The topological polar surface area (TPSA) is 91.3 Å². The zero-order valence-electron chi connectivity index (χ0n) is 16.1. The Morgan fingerprint density at radius 1 is 1.00 bits per heavy atom. The van der Waals surface area contributed by atoms with Gasteiger partial charge >= 0.3 is 0 Å². The van der Waals surface area contributed by atoms with E-state index in [-0.39, 0.29) is 24.1 Å². The number of benzene rings is 2. The van der Waals surface area contributed by atoms with Crippen molar-refractivity contribution in [3.8, 4) is 5.75 Å². The summed E-state index contributed by atoms with van der Waals surface area (Å²) in [6, 6.07) is 15.2. The first-order valence-electron chi connectivity index (χ1n) is 9.16. The van der Waals surface area contributed by atoms with Gasteiger partial charge in [-0.1, -0.05) is 18.7 Å². The van der Waals surface area contributed by atoms with Gasteiger partial charge in [0, 0.05) is 41.1 Å². The van der Waals surface area contributed by atoms with Crippen molar-refractivity contribution in [2.24, 2.45) is 0 Å². The molecule has 152 valence electrons. The van der Waals surface area contributed by atoms with Crippen LogP contribution in [0, 0.1) is 0 Å². The zero-order valence-corrected chi connectivity index (χ0v) is 17.6. The molecule has 7 heteroatoms. The van der Waals surface area contributed by atoms with E-state index in [2.05, 4.69) is 38.1 Å². The number of carbonyl (C=O) groups is 2. The number of allylic oxidation sites excluding steroid dienone is 1. The fourth-order valence-electron chi connectivity index (χ4n) is 2.81. The number of carbonyl (C=O) groups excluding carboxylic acids is 2. The third-order valence-electron chi connectivity index (χ3n) is 4.30. The van der Waals surface area contributed by atoms with Gasteiger partial charge in [0.05, 0.1) is 5.56 Å². The number of amides is 2. The first kappa shape index (κ1) is 21.3. The quantitative estimate of drug-likeness (QED) is 0.492. The lowest BCUT2D eigenvalue weighted by atomic mass is 10.1. The lowest BCUT2D eigenvalue weighted by Crippen LogP contribution is -2.25. The molecule has 6 nitrogen and oxygen atoms in total. The van der Waals surface area contributed by atoms with Crippen molar-refractivity contribution in [1.29, 1.82) is 0 Å². The fourth-order valence-corrected chi connectivity index (χ4v) is 3.37. The third kappa shape index (κ3) is 5.78. The second-order valence-electron chi connectivity index (χ2n) is 6.64. The maximum Gasteiger partial charge on any atom is 0.256 e. The van der Waals surface area contributed by atoms with E-state index in [1.165, 1.54) is 0 Å². The monoisotopic (exact) mass is 465 g/mol. The van der Waals surface area contributed by atoms with Crippen molar-refractivity contribution in [3.63, 3.8) is 0 Å². The molecular formula is C23H20BrN3O3. The van der Waals surface area contributed by atoms with Crippen molar-refractivity contribution in [2.45, 2.75) is 13.0 Å². The summed E-state index contributed by atoms with van der Waals surface area (Å²) in [5, 5.41) is 15.1. The highest BCUT2D eigenvalue weighted by molar-refractivity contribution is 9.10. The van der Waals surface area contributed by atoms with E-state index < -0.39 is 0 Å². The Balaban J connectivity index is 1.60. The van der Waals surface area contributed by atoms with Crippen LogP contribution in [0.15, 0.2) is 83.7 Å². The molecule has 0 spiro atoms. The zero-order chi connectivity index (χ0) is 21.5. The predicted molar refractivity (Wildman–Crippen MR) is 118 cm³/mol. The number of aromatic nitrogens is 1. The predicted octanol–water partition coefficient (Wildman–Crippen LogP) is 3.97. The van der Waals surface area contributed by atoms with Gasteiger partial charge < -0.3 is 15.7 Å². The van der Waals surface area contributed by atoms with Crippen LogP contribution in [0.25, 0.3) is 0 Å². The molecule has 2 aromatic carbocycles. The molecule has 0 aliphatic carbocycles. The van der Waals surface area contributed by atoms with Gasteiger partial charge in [-0.2, -0.15) is 0 Å². The van der Waals surface area contributed by atoms with Crippen LogP contribution in [0.1, 0.15) is 31.8 Å². The summed E-state index contributed by atoms with van der Waals surface area (Å²) < 4.78 is 0.502. The summed E-state index contributed by atoms with van der Waals surface area (Å²) in [4.78, 5) is 28.9. The fraction of sp³-hybridized carbons (Fsp3) is 0.0870. The highest BCUT2D eigenvalue weighted by atomic mass is 79.9. The minimum absolute atomic E-state index is 0.144. The Morgan fingerprint density at radius 3 is 2.47 bits per heavy atom. The van der Waals surface area contributed by atoms with Gasteiger partial charge in [-0.05, 0) is 69.5 Å². The molecule has 30 heavy (non-hydrogen) atoms. The minimum atomic E-state index is -0.312. The molecular weight excluding hydrogens is 446 g/mol. The molecule has 0 aliphatic heterocycles. The Labute approximate surface area is 182 Å². The molecule has 1 heterocycles. The minimum Gasteiger partial charge on any atom is -0.508 e. The summed E-state index contributed by atoms with van der Waals surface area (Å²) in [6.07, 6.45) is 3.87. The smallest absolute Gasteiger partial charge is 0.256 e. The molecule has 3 rings (SSSR count). The van der Waals surface area contributed by atoms with Gasteiger partial charge in [0.25, 0.3) is 11.8 Å². The van der Waals surface area contributed by atoms with Crippen LogP contribution in [0.4, 0.5) is 0 Å². The maximum absolute atomic E-state index is 12.6. The Morgan fingerprint density at radius 2 is 1.77 bits per heavy atom. The number of rotatable bonds is 7. The largest absolute Gasteiger partial charge is 0.508 e. The summed E-state index contributed by atoms with van der Waals surface area (Å²) in [7, 11) is 0. The highest BCUT2D eigenvalue weighted by Crippen LogP contribution is 2.20. The number of aromatic hydroxyl groups is 1. The molecule has 1 aromatic heterocycles. The van der Waals surface area contributed by atoms with E-state index in [1.54, 1.807) is 48.8 Å². The number of nitrogens with zero attached hydrogens (tertiary/aromatic N) is 1. The molecule has 0 bridgehead atoms. The van der Waals surface area contributed by atoms with Crippen molar-refractivity contribution >= 4 is 27.7 Å². The normalized spacial score (nSPS) is 10.3. The van der Waals surface area contributed by atoms with Gasteiger partial charge in [-0.25, -0.2) is 0 Å². The molecule has 0 saturated carbocycles. The van der Waals surface area contributed by atoms with Crippen LogP contribution in [0.3, 0.4) is 0 Å². The van der Waals surface area contributed by atoms with Gasteiger partial charge in [0.15, 0.2) is 0 Å². The van der Waals surface area contributed by atoms with E-state index in [0.717, 1.165) is 11.1 Å². The molecule has 3 N–H and O–H groups in total. The summed E-state index contributed by atoms with van der Waals surface area (Å²) in [6.45, 7) is 4.18. The Kier molecular flexibility index (Phi) is 6.98. The van der Waals surface area contributed by atoms with Gasteiger partial charge in [0.1, 0.15) is 5.75 Å². The lowest BCUT2D eigenvalue weighted by molar-refractivity contribution is 0.0943. The van der Waals surface area contributed by atoms with E-state index in [4.69, 9.17) is 0 Å². The van der Waals surface area contributed by atoms with Crippen molar-refractivity contribution < 1.29 is 14.7 Å². The average molecular weight is 466 g/mol. The molecule has 0 fully saturated rings. The molecule has 0 aliphatic rings. The first-order valence-corrected chi connectivity index (χ1v) is 9.95. The number of phenols is 1. The molecule has 0 atom stereocenters. The lowest BCUT2D eigenvalue weighted by Gasteiger charge is -2.11. The SMILES string of the molecule is C=C(Cc1ccncc1)NC(=O)c1ccc(C(=O)NCc2cccc(O)c2)cc1Br. The summed E-state index contributed by atoms with van der Waals surface area (Å²) in [5.74, 6) is -0.453. The van der Waals surface area contributed by atoms with E-state index in [1.807, 2.05) is 18.2 Å². The van der Waals surface area contributed by atoms with Crippen LogP contribution in [-0.2, 0) is 13.0 Å². The molecule has 0 radical (unpaired) electrons. The number of pyridine rings is 1. The van der Waals surface area contributed by atoms with E-state index >= 15 is 0 Å². The van der Waals surface area contributed by atoms with E-state index in [9.17, 15) is 14.7 Å². The second kappa shape index (κ2) is 9.84. The van der Waals surface area contributed by atoms with Gasteiger partial charge in [0.2, 0.25) is 0 Å². The molecule has 0 unspecified atom stereocenters. The molecule has 0 saturated heterocycles. The number of halogens is 1. The summed E-state index contributed by atoms with van der Waals surface area (Å²) in [5.41, 5.74) is 3.15. The molecule has 2 amide bonds. The standard InChI is InChI=1S/C23H20BrN3O3/c1-15(11-16-7-9-25-10-8-16)27-23(30)20-6-5-18(13-21(20)24)22(29)26-14-17-3-2-4-19(28)12-17/h2-10,12-13,28H,1,11,14H2,(H,26,29)(H,27,30). The van der Waals surface area contributed by atoms with Crippen LogP contribution in [0.2, 0.25) is 0 Å². The number of hydrogen-bond acceptors (Lipinski definition) is 4. The number of phenolic OH excluding ortho intramolecular Hbond substituents is 1. The Bertz CT molecular complexity index is 1080. The maximum atomic E-state index is 12.6. The third-order valence-corrected chi connectivity index (χ3v) is 4.95.